The normalized spacial score (nSPS) is 12.0. The summed E-state index contributed by atoms with van der Waals surface area (Å²) < 4.78 is 32.1. The second-order valence-electron chi connectivity index (χ2n) is 3.80. The predicted molar refractivity (Wildman–Crippen MR) is 89.1 cm³/mol. The Bertz CT molecular complexity index is 557. The Labute approximate surface area is 141 Å². The van der Waals surface area contributed by atoms with E-state index in [9.17, 15) is 8.42 Å². The highest BCUT2D eigenvalue weighted by atomic mass is 79.9. The third-order valence-electron chi connectivity index (χ3n) is 2.37. The third-order valence-corrected chi connectivity index (χ3v) is 7.40. The maximum atomic E-state index is 12.5. The first-order valence-corrected chi connectivity index (χ1v) is 9.35. The van der Waals surface area contributed by atoms with Gasteiger partial charge in [-0.1, -0.05) is 23.8 Å². The van der Waals surface area contributed by atoms with Crippen LogP contribution in [0.4, 0.5) is 0 Å². The maximum Gasteiger partial charge on any atom is 0.252 e. The van der Waals surface area contributed by atoms with E-state index in [2.05, 4.69) is 15.9 Å². The molecule has 1 rings (SSSR count). The summed E-state index contributed by atoms with van der Waals surface area (Å²) in [5.74, 6) is 0. The first kappa shape index (κ1) is 18.3. The van der Waals surface area contributed by atoms with Gasteiger partial charge in [0, 0.05) is 26.6 Å². The van der Waals surface area contributed by atoms with Gasteiger partial charge in [0.25, 0.3) is 10.0 Å². The molecular weight excluding hydrogens is 408 g/mol. The number of thiocarbonyl (C=S) groups is 1. The zero-order valence-electron chi connectivity index (χ0n) is 10.6. The van der Waals surface area contributed by atoms with E-state index in [4.69, 9.17) is 34.3 Å². The highest BCUT2D eigenvalue weighted by molar-refractivity contribution is 9.11. The molecule has 0 amide bonds. The van der Waals surface area contributed by atoms with Crippen molar-refractivity contribution >= 4 is 66.1 Å². The average Bonchev–Trinajstić information content (AvgIpc) is 2.70. The predicted octanol–water partition coefficient (Wildman–Crippen LogP) is 2.48. The van der Waals surface area contributed by atoms with E-state index >= 15 is 0 Å². The highest BCUT2D eigenvalue weighted by Crippen LogP contribution is 2.35. The van der Waals surface area contributed by atoms with Gasteiger partial charge >= 0.3 is 0 Å². The van der Waals surface area contributed by atoms with E-state index in [1.54, 1.807) is 0 Å². The van der Waals surface area contributed by atoms with Crippen molar-refractivity contribution in [1.82, 2.24) is 4.31 Å². The van der Waals surface area contributed by atoms with E-state index in [1.807, 2.05) is 0 Å². The molecule has 20 heavy (non-hydrogen) atoms. The van der Waals surface area contributed by atoms with Crippen LogP contribution in [0.15, 0.2) is 14.1 Å². The number of hydrogen-bond acceptors (Lipinski definition) is 5. The Morgan fingerprint density at radius 3 is 2.70 bits per heavy atom. The Hall–Kier alpha value is 0.230. The van der Waals surface area contributed by atoms with Crippen LogP contribution in [0.5, 0.6) is 0 Å². The number of thiophene rings is 1. The molecule has 0 radical (unpaired) electrons. The van der Waals surface area contributed by atoms with Crippen LogP contribution >= 0.6 is 51.1 Å². The summed E-state index contributed by atoms with van der Waals surface area (Å²) in [7, 11) is -2.12. The van der Waals surface area contributed by atoms with Crippen LogP contribution in [-0.4, -0.2) is 44.5 Å². The molecule has 1 aromatic rings. The van der Waals surface area contributed by atoms with Crippen molar-refractivity contribution in [2.24, 2.45) is 5.73 Å². The monoisotopic (exact) mass is 420 g/mol. The molecule has 114 valence electrons. The second-order valence-corrected chi connectivity index (χ2v) is 9.27. The summed E-state index contributed by atoms with van der Waals surface area (Å²) in [5.41, 5.74) is 5.43. The fraction of sp³-hybridized carbons (Fsp3) is 0.500. The molecule has 0 aromatic carbocycles. The van der Waals surface area contributed by atoms with E-state index in [-0.39, 0.29) is 28.9 Å². The molecule has 5 nitrogen and oxygen atoms in total. The van der Waals surface area contributed by atoms with E-state index in [1.165, 1.54) is 17.5 Å². The minimum atomic E-state index is -3.63. The molecule has 0 aliphatic heterocycles. The Balaban J connectivity index is 2.99. The van der Waals surface area contributed by atoms with Crippen molar-refractivity contribution < 1.29 is 13.2 Å². The topological polar surface area (TPSA) is 72.6 Å². The first-order valence-electron chi connectivity index (χ1n) is 5.51. The molecule has 0 fully saturated rings. The molecule has 2 N–H and O–H groups in total. The van der Waals surface area contributed by atoms with Crippen LogP contribution < -0.4 is 5.73 Å². The molecule has 0 bridgehead atoms. The SMILES string of the molecule is COCCN(CCC(N)=S)S(=O)(=O)c1cc(Cl)c(Br)s1. The average molecular weight is 422 g/mol. The number of nitrogens with zero attached hydrogens (tertiary/aromatic N) is 1. The van der Waals surface area contributed by atoms with Gasteiger partial charge in [-0.25, -0.2) is 8.42 Å². The Kier molecular flexibility index (Phi) is 7.33. The lowest BCUT2D eigenvalue weighted by Crippen LogP contribution is -2.35. The van der Waals surface area contributed by atoms with Crippen LogP contribution in [-0.2, 0) is 14.8 Å². The van der Waals surface area contributed by atoms with E-state index in [0.29, 0.717) is 15.2 Å². The Morgan fingerprint density at radius 1 is 1.60 bits per heavy atom. The van der Waals surface area contributed by atoms with Gasteiger partial charge in [-0.3, -0.25) is 0 Å². The van der Waals surface area contributed by atoms with Gasteiger partial charge in [-0.05, 0) is 22.0 Å². The van der Waals surface area contributed by atoms with Crippen LogP contribution in [0.3, 0.4) is 0 Å². The lowest BCUT2D eigenvalue weighted by atomic mass is 10.4. The minimum Gasteiger partial charge on any atom is -0.393 e. The van der Waals surface area contributed by atoms with Crippen molar-refractivity contribution in [3.63, 3.8) is 0 Å². The van der Waals surface area contributed by atoms with Gasteiger partial charge in [-0.15, -0.1) is 11.3 Å². The molecule has 0 atom stereocenters. The van der Waals surface area contributed by atoms with Crippen LogP contribution in [0.25, 0.3) is 0 Å². The van der Waals surface area contributed by atoms with Crippen molar-refractivity contribution in [3.8, 4) is 0 Å². The molecule has 1 aromatic heterocycles. The molecule has 0 aliphatic rings. The third kappa shape index (κ3) is 4.90. The van der Waals surface area contributed by atoms with Gasteiger partial charge in [0.15, 0.2) is 0 Å². The summed E-state index contributed by atoms with van der Waals surface area (Å²) in [6, 6.07) is 1.42. The summed E-state index contributed by atoms with van der Waals surface area (Å²) >= 11 is 15.0. The summed E-state index contributed by atoms with van der Waals surface area (Å²) in [4.78, 5) is 0.271. The molecule has 0 saturated carbocycles. The van der Waals surface area contributed by atoms with Gasteiger partial charge in [0.05, 0.1) is 20.4 Å². The van der Waals surface area contributed by atoms with Crippen LogP contribution in [0.1, 0.15) is 6.42 Å². The molecule has 0 spiro atoms. The van der Waals surface area contributed by atoms with Gasteiger partial charge in [-0.2, -0.15) is 4.31 Å². The van der Waals surface area contributed by atoms with Crippen LogP contribution in [0, 0.1) is 0 Å². The largest absolute Gasteiger partial charge is 0.393 e. The van der Waals surface area contributed by atoms with Crippen molar-refractivity contribution in [3.05, 3.63) is 14.9 Å². The highest BCUT2D eigenvalue weighted by Gasteiger charge is 2.27. The zero-order chi connectivity index (χ0) is 15.3. The summed E-state index contributed by atoms with van der Waals surface area (Å²) in [6.07, 6.45) is 0.318. The standard InChI is InChI=1S/C10H14BrClN2O3S3/c1-17-5-4-14(3-2-8(13)18)20(15,16)9-6-7(12)10(11)19-9/h6H,2-5H2,1H3,(H2,13,18). The summed E-state index contributed by atoms with van der Waals surface area (Å²) in [5, 5.41) is 0.370. The second kappa shape index (κ2) is 8.02. The number of hydrogen-bond donors (Lipinski definition) is 1. The molecule has 10 heteroatoms. The molecule has 0 aliphatic carbocycles. The van der Waals surface area contributed by atoms with Crippen molar-refractivity contribution in [2.45, 2.75) is 10.6 Å². The van der Waals surface area contributed by atoms with Gasteiger partial charge in [0.1, 0.15) is 4.21 Å². The maximum absolute atomic E-state index is 12.5. The number of ether oxygens (including phenoxy) is 1. The van der Waals surface area contributed by atoms with Crippen LogP contribution in [0.2, 0.25) is 5.02 Å². The van der Waals surface area contributed by atoms with E-state index in [0.717, 1.165) is 11.3 Å². The minimum absolute atomic E-state index is 0.174. The van der Waals surface area contributed by atoms with E-state index < -0.39 is 10.0 Å². The zero-order valence-corrected chi connectivity index (χ0v) is 15.4. The van der Waals surface area contributed by atoms with Crippen molar-refractivity contribution in [1.29, 1.82) is 0 Å². The molecule has 1 heterocycles. The van der Waals surface area contributed by atoms with Crippen molar-refractivity contribution in [2.75, 3.05) is 26.8 Å². The number of methoxy groups -OCH3 is 1. The molecular formula is C10H14BrClN2O3S3. The number of sulfonamides is 1. The number of rotatable bonds is 8. The Morgan fingerprint density at radius 2 is 2.25 bits per heavy atom. The molecule has 0 unspecified atom stereocenters. The number of nitrogens with two attached hydrogens (primary N) is 1. The van der Waals surface area contributed by atoms with Gasteiger partial charge in [0.2, 0.25) is 0 Å². The number of halogens is 2. The van der Waals surface area contributed by atoms with Gasteiger partial charge < -0.3 is 10.5 Å². The lowest BCUT2D eigenvalue weighted by molar-refractivity contribution is 0.180. The lowest BCUT2D eigenvalue weighted by Gasteiger charge is -2.20. The molecule has 0 saturated heterocycles. The first-order chi connectivity index (χ1) is 9.28. The summed E-state index contributed by atoms with van der Waals surface area (Å²) in [6.45, 7) is 0.736. The fourth-order valence-electron chi connectivity index (χ4n) is 1.36. The quantitative estimate of drug-likeness (QED) is 0.653. The fourth-order valence-corrected chi connectivity index (χ4v) is 5.43. The smallest absolute Gasteiger partial charge is 0.252 e.